The van der Waals surface area contributed by atoms with Gasteiger partial charge in [-0.25, -0.2) is 4.98 Å². The lowest BCUT2D eigenvalue weighted by atomic mass is 10.1. The van der Waals surface area contributed by atoms with Crippen molar-refractivity contribution in [3.05, 3.63) is 41.3 Å². The van der Waals surface area contributed by atoms with E-state index < -0.39 is 5.60 Å². The zero-order chi connectivity index (χ0) is 17.0. The molecule has 124 valence electrons. The van der Waals surface area contributed by atoms with Gasteiger partial charge in [0.25, 0.3) is 0 Å². The fourth-order valence-corrected chi connectivity index (χ4v) is 2.13. The quantitative estimate of drug-likeness (QED) is 0.859. The SMILES string of the molecule is CCc1ccc(-c2nc(CC(=O)NCC(C)(C)O)c(C)o2)cc1. The molecule has 2 N–H and O–H groups in total. The highest BCUT2D eigenvalue weighted by Crippen LogP contribution is 2.22. The summed E-state index contributed by atoms with van der Waals surface area (Å²) in [6.07, 6.45) is 1.12. The summed E-state index contributed by atoms with van der Waals surface area (Å²) in [7, 11) is 0. The van der Waals surface area contributed by atoms with Gasteiger partial charge in [-0.2, -0.15) is 0 Å². The van der Waals surface area contributed by atoms with Crippen LogP contribution in [0.3, 0.4) is 0 Å². The molecular formula is C18H24N2O3. The van der Waals surface area contributed by atoms with Crippen molar-refractivity contribution < 1.29 is 14.3 Å². The van der Waals surface area contributed by atoms with E-state index in [-0.39, 0.29) is 18.9 Å². The third-order valence-corrected chi connectivity index (χ3v) is 3.55. The van der Waals surface area contributed by atoms with Crippen LogP contribution in [0.2, 0.25) is 0 Å². The van der Waals surface area contributed by atoms with Crippen molar-refractivity contribution in [3.63, 3.8) is 0 Å². The summed E-state index contributed by atoms with van der Waals surface area (Å²) in [4.78, 5) is 16.4. The van der Waals surface area contributed by atoms with Crippen molar-refractivity contribution in [3.8, 4) is 11.5 Å². The summed E-state index contributed by atoms with van der Waals surface area (Å²) in [5.74, 6) is 0.977. The fraction of sp³-hybridized carbons (Fsp3) is 0.444. The van der Waals surface area contributed by atoms with Crippen LogP contribution in [-0.2, 0) is 17.6 Å². The van der Waals surface area contributed by atoms with Gasteiger partial charge in [-0.15, -0.1) is 0 Å². The second kappa shape index (κ2) is 6.96. The molecule has 0 saturated carbocycles. The zero-order valence-corrected chi connectivity index (χ0v) is 14.1. The maximum Gasteiger partial charge on any atom is 0.226 e. The molecule has 0 aliphatic heterocycles. The number of hydrogen-bond acceptors (Lipinski definition) is 4. The molecule has 1 aromatic carbocycles. The molecule has 0 unspecified atom stereocenters. The molecule has 1 aromatic heterocycles. The molecule has 0 saturated heterocycles. The van der Waals surface area contributed by atoms with E-state index in [1.807, 2.05) is 24.3 Å². The first-order valence-corrected chi connectivity index (χ1v) is 7.83. The van der Waals surface area contributed by atoms with Crippen LogP contribution < -0.4 is 5.32 Å². The molecule has 0 aliphatic carbocycles. The minimum absolute atomic E-state index is 0.137. The van der Waals surface area contributed by atoms with E-state index >= 15 is 0 Å². The van der Waals surface area contributed by atoms with Crippen molar-refractivity contribution in [2.24, 2.45) is 0 Å². The van der Waals surface area contributed by atoms with Gasteiger partial charge in [0.05, 0.1) is 17.7 Å². The molecule has 5 nitrogen and oxygen atoms in total. The Hall–Kier alpha value is -2.14. The van der Waals surface area contributed by atoms with Crippen LogP contribution in [0.4, 0.5) is 0 Å². The number of hydrogen-bond donors (Lipinski definition) is 2. The Morgan fingerprint density at radius 3 is 2.52 bits per heavy atom. The summed E-state index contributed by atoms with van der Waals surface area (Å²) in [6, 6.07) is 8.04. The van der Waals surface area contributed by atoms with Crippen molar-refractivity contribution in [1.29, 1.82) is 0 Å². The minimum atomic E-state index is -0.930. The highest BCUT2D eigenvalue weighted by Gasteiger charge is 2.17. The smallest absolute Gasteiger partial charge is 0.226 e. The van der Waals surface area contributed by atoms with Gasteiger partial charge < -0.3 is 14.8 Å². The van der Waals surface area contributed by atoms with E-state index in [1.165, 1.54) is 5.56 Å². The molecule has 0 fully saturated rings. The third-order valence-electron chi connectivity index (χ3n) is 3.55. The number of aliphatic hydroxyl groups is 1. The monoisotopic (exact) mass is 316 g/mol. The molecule has 0 aliphatic rings. The first-order chi connectivity index (χ1) is 10.8. The number of nitrogens with one attached hydrogen (secondary N) is 1. The summed E-state index contributed by atoms with van der Waals surface area (Å²) in [6.45, 7) is 7.40. The molecule has 1 amide bonds. The van der Waals surface area contributed by atoms with Gasteiger partial charge >= 0.3 is 0 Å². The zero-order valence-electron chi connectivity index (χ0n) is 14.1. The van der Waals surface area contributed by atoms with E-state index in [4.69, 9.17) is 4.42 Å². The average Bonchev–Trinajstić information content (AvgIpc) is 2.86. The maximum absolute atomic E-state index is 11.9. The Labute approximate surface area is 136 Å². The number of carbonyl (C=O) groups excluding carboxylic acids is 1. The fourth-order valence-electron chi connectivity index (χ4n) is 2.13. The van der Waals surface area contributed by atoms with Gasteiger partial charge in [0.15, 0.2) is 0 Å². The summed E-state index contributed by atoms with van der Waals surface area (Å²) in [5, 5.41) is 12.3. The van der Waals surface area contributed by atoms with Gasteiger partial charge in [0.2, 0.25) is 11.8 Å². The van der Waals surface area contributed by atoms with Gasteiger partial charge in [0, 0.05) is 12.1 Å². The molecule has 2 aromatic rings. The molecule has 1 heterocycles. The second-order valence-corrected chi connectivity index (χ2v) is 6.34. The topological polar surface area (TPSA) is 75.4 Å². The Morgan fingerprint density at radius 2 is 1.96 bits per heavy atom. The highest BCUT2D eigenvalue weighted by molar-refractivity contribution is 5.78. The lowest BCUT2D eigenvalue weighted by Gasteiger charge is -2.17. The van der Waals surface area contributed by atoms with E-state index in [0.717, 1.165) is 12.0 Å². The van der Waals surface area contributed by atoms with Crippen molar-refractivity contribution in [2.45, 2.75) is 46.1 Å². The molecule has 5 heteroatoms. The lowest BCUT2D eigenvalue weighted by molar-refractivity contribution is -0.121. The number of carbonyl (C=O) groups is 1. The summed E-state index contributed by atoms with van der Waals surface area (Å²) < 4.78 is 5.68. The standard InChI is InChI=1S/C18H24N2O3/c1-5-13-6-8-14(9-7-13)17-20-15(12(2)23-17)10-16(21)19-11-18(3,4)22/h6-9,22H,5,10-11H2,1-4H3,(H,19,21). The molecule has 0 spiro atoms. The van der Waals surface area contributed by atoms with Crippen LogP contribution in [0.25, 0.3) is 11.5 Å². The van der Waals surface area contributed by atoms with Gasteiger partial charge in [-0.05, 0) is 44.9 Å². The highest BCUT2D eigenvalue weighted by atomic mass is 16.4. The van der Waals surface area contributed by atoms with E-state index in [1.54, 1.807) is 20.8 Å². The van der Waals surface area contributed by atoms with Crippen LogP contribution in [0.15, 0.2) is 28.7 Å². The summed E-state index contributed by atoms with van der Waals surface area (Å²) >= 11 is 0. The Balaban J connectivity index is 2.07. The number of nitrogens with zero attached hydrogens (tertiary/aromatic N) is 1. The minimum Gasteiger partial charge on any atom is -0.441 e. The molecular weight excluding hydrogens is 292 g/mol. The molecule has 0 atom stereocenters. The van der Waals surface area contributed by atoms with Crippen molar-refractivity contribution in [1.82, 2.24) is 10.3 Å². The van der Waals surface area contributed by atoms with E-state index in [2.05, 4.69) is 17.2 Å². The maximum atomic E-state index is 11.9. The third kappa shape index (κ3) is 4.93. The van der Waals surface area contributed by atoms with Crippen molar-refractivity contribution in [2.75, 3.05) is 6.54 Å². The molecule has 23 heavy (non-hydrogen) atoms. The van der Waals surface area contributed by atoms with Crippen LogP contribution in [0.5, 0.6) is 0 Å². The first kappa shape index (κ1) is 17.2. The Bertz CT molecular complexity index is 667. The van der Waals surface area contributed by atoms with Crippen LogP contribution in [0.1, 0.15) is 37.8 Å². The van der Waals surface area contributed by atoms with Gasteiger partial charge in [0.1, 0.15) is 5.76 Å². The predicted molar refractivity (Wildman–Crippen MR) is 89.1 cm³/mol. The normalized spacial score (nSPS) is 11.5. The first-order valence-electron chi connectivity index (χ1n) is 7.83. The molecule has 0 radical (unpaired) electrons. The predicted octanol–water partition coefficient (Wildman–Crippen LogP) is 2.64. The van der Waals surface area contributed by atoms with Crippen molar-refractivity contribution >= 4 is 5.91 Å². The molecule has 2 rings (SSSR count). The second-order valence-electron chi connectivity index (χ2n) is 6.34. The lowest BCUT2D eigenvalue weighted by Crippen LogP contribution is -2.38. The number of benzene rings is 1. The van der Waals surface area contributed by atoms with Crippen LogP contribution >= 0.6 is 0 Å². The molecule has 0 bridgehead atoms. The number of aryl methyl sites for hydroxylation is 2. The number of aromatic nitrogens is 1. The Morgan fingerprint density at radius 1 is 1.30 bits per heavy atom. The summed E-state index contributed by atoms with van der Waals surface area (Å²) in [5.41, 5.74) is 1.84. The largest absolute Gasteiger partial charge is 0.441 e. The Kier molecular flexibility index (Phi) is 5.21. The number of oxazole rings is 1. The van der Waals surface area contributed by atoms with Gasteiger partial charge in [-0.1, -0.05) is 19.1 Å². The van der Waals surface area contributed by atoms with Gasteiger partial charge in [-0.3, -0.25) is 4.79 Å². The van der Waals surface area contributed by atoms with Crippen LogP contribution in [0, 0.1) is 6.92 Å². The number of rotatable bonds is 6. The average molecular weight is 316 g/mol. The van der Waals surface area contributed by atoms with E-state index in [9.17, 15) is 9.90 Å². The number of amides is 1. The van der Waals surface area contributed by atoms with E-state index in [0.29, 0.717) is 17.3 Å². The van der Waals surface area contributed by atoms with Crippen LogP contribution in [-0.4, -0.2) is 28.1 Å².